The van der Waals surface area contributed by atoms with Gasteiger partial charge in [-0.05, 0) is 71.2 Å². The molecule has 1 aromatic carbocycles. The molecule has 2 aromatic rings. The summed E-state index contributed by atoms with van der Waals surface area (Å²) in [5.41, 5.74) is 2.65. The number of hydrogen-bond donors (Lipinski definition) is 1. The molecule has 0 saturated carbocycles. The molecule has 1 atom stereocenters. The zero-order valence-electron chi connectivity index (χ0n) is 11.7. The molecule has 0 aliphatic heterocycles. The zero-order valence-corrected chi connectivity index (χ0v) is 15.7. The number of benzene rings is 1. The molecule has 1 unspecified atom stereocenters. The van der Waals surface area contributed by atoms with Crippen LogP contribution >= 0.6 is 43.2 Å². The summed E-state index contributed by atoms with van der Waals surface area (Å²) in [6, 6.07) is 11.4. The summed E-state index contributed by atoms with van der Waals surface area (Å²) >= 11 is 8.97. The van der Waals surface area contributed by atoms with Gasteiger partial charge in [-0.3, -0.25) is 0 Å². The van der Waals surface area contributed by atoms with E-state index in [4.69, 9.17) is 0 Å². The first-order chi connectivity index (χ1) is 9.58. The lowest BCUT2D eigenvalue weighted by atomic mass is 10.0. The fourth-order valence-corrected chi connectivity index (χ4v) is 4.41. The van der Waals surface area contributed by atoms with E-state index in [0.29, 0.717) is 6.04 Å². The number of rotatable bonds is 6. The molecule has 1 N–H and O–H groups in total. The maximum Gasteiger partial charge on any atom is 0.0701 e. The highest BCUT2D eigenvalue weighted by Gasteiger charge is 2.13. The third kappa shape index (κ3) is 4.69. The highest BCUT2D eigenvalue weighted by molar-refractivity contribution is 9.11. The van der Waals surface area contributed by atoms with Gasteiger partial charge in [-0.25, -0.2) is 0 Å². The van der Waals surface area contributed by atoms with Gasteiger partial charge in [0.05, 0.1) is 3.79 Å². The fraction of sp³-hybridized carbons (Fsp3) is 0.375. The van der Waals surface area contributed by atoms with Gasteiger partial charge in [0, 0.05) is 21.8 Å². The van der Waals surface area contributed by atoms with E-state index in [1.54, 1.807) is 0 Å². The van der Waals surface area contributed by atoms with Crippen molar-refractivity contribution in [2.45, 2.75) is 32.7 Å². The van der Waals surface area contributed by atoms with Crippen LogP contribution in [0.1, 0.15) is 35.4 Å². The molecular weight excluding hydrogens is 398 g/mol. The van der Waals surface area contributed by atoms with Crippen molar-refractivity contribution < 1.29 is 0 Å². The third-order valence-corrected chi connectivity index (χ3v) is 5.25. The highest BCUT2D eigenvalue weighted by Crippen LogP contribution is 2.28. The summed E-state index contributed by atoms with van der Waals surface area (Å²) in [4.78, 5) is 1.41. The second kappa shape index (κ2) is 7.74. The van der Waals surface area contributed by atoms with Crippen molar-refractivity contribution in [1.82, 2.24) is 5.32 Å². The van der Waals surface area contributed by atoms with E-state index in [-0.39, 0.29) is 0 Å². The van der Waals surface area contributed by atoms with E-state index >= 15 is 0 Å². The molecular formula is C16H19Br2NS. The van der Waals surface area contributed by atoms with E-state index in [1.807, 2.05) is 11.3 Å². The van der Waals surface area contributed by atoms with Gasteiger partial charge in [0.2, 0.25) is 0 Å². The molecule has 1 heterocycles. The average molecular weight is 417 g/mol. The van der Waals surface area contributed by atoms with Crippen LogP contribution in [0, 0.1) is 6.92 Å². The Labute approximate surface area is 142 Å². The van der Waals surface area contributed by atoms with Crippen LogP contribution in [0.15, 0.2) is 38.6 Å². The van der Waals surface area contributed by atoms with Crippen LogP contribution in [-0.2, 0) is 6.42 Å². The molecule has 0 radical (unpaired) electrons. The Morgan fingerprint density at radius 1 is 1.20 bits per heavy atom. The molecule has 2 rings (SSSR count). The summed E-state index contributed by atoms with van der Waals surface area (Å²) in [5, 5.41) is 3.67. The number of hydrogen-bond acceptors (Lipinski definition) is 2. The highest BCUT2D eigenvalue weighted by atomic mass is 79.9. The van der Waals surface area contributed by atoms with Crippen molar-refractivity contribution in [3.63, 3.8) is 0 Å². The Morgan fingerprint density at radius 2 is 2.00 bits per heavy atom. The SMILES string of the molecule is CCCNC(Cc1ccc(Br)s1)c1cc(C)cc(Br)c1. The molecule has 0 aliphatic carbocycles. The largest absolute Gasteiger partial charge is 0.310 e. The van der Waals surface area contributed by atoms with Crippen LogP contribution in [0.2, 0.25) is 0 Å². The van der Waals surface area contributed by atoms with Gasteiger partial charge in [-0.1, -0.05) is 28.9 Å². The van der Waals surface area contributed by atoms with Crippen LogP contribution in [-0.4, -0.2) is 6.54 Å². The van der Waals surface area contributed by atoms with Crippen LogP contribution in [0.5, 0.6) is 0 Å². The van der Waals surface area contributed by atoms with E-state index in [2.05, 4.69) is 81.4 Å². The Kier molecular flexibility index (Phi) is 6.27. The van der Waals surface area contributed by atoms with Gasteiger partial charge in [0.1, 0.15) is 0 Å². The summed E-state index contributed by atoms with van der Waals surface area (Å²) < 4.78 is 2.36. The monoisotopic (exact) mass is 415 g/mol. The zero-order chi connectivity index (χ0) is 14.5. The molecule has 0 amide bonds. The number of halogens is 2. The summed E-state index contributed by atoms with van der Waals surface area (Å²) in [7, 11) is 0. The molecule has 1 aromatic heterocycles. The molecule has 0 fully saturated rings. The minimum Gasteiger partial charge on any atom is -0.310 e. The van der Waals surface area contributed by atoms with Gasteiger partial charge < -0.3 is 5.32 Å². The van der Waals surface area contributed by atoms with Crippen molar-refractivity contribution in [1.29, 1.82) is 0 Å². The molecule has 0 bridgehead atoms. The van der Waals surface area contributed by atoms with Gasteiger partial charge >= 0.3 is 0 Å². The van der Waals surface area contributed by atoms with Crippen molar-refractivity contribution >= 4 is 43.2 Å². The van der Waals surface area contributed by atoms with Crippen molar-refractivity contribution in [3.8, 4) is 0 Å². The molecule has 20 heavy (non-hydrogen) atoms. The lowest BCUT2D eigenvalue weighted by Crippen LogP contribution is -2.24. The summed E-state index contributed by atoms with van der Waals surface area (Å²) in [5.74, 6) is 0. The maximum absolute atomic E-state index is 3.67. The third-order valence-electron chi connectivity index (χ3n) is 3.14. The van der Waals surface area contributed by atoms with Crippen molar-refractivity contribution in [2.24, 2.45) is 0 Å². The first-order valence-corrected chi connectivity index (χ1v) is 9.23. The quantitative estimate of drug-likeness (QED) is 0.621. The fourth-order valence-electron chi connectivity index (χ4n) is 2.25. The van der Waals surface area contributed by atoms with Crippen LogP contribution in [0.25, 0.3) is 0 Å². The van der Waals surface area contributed by atoms with Gasteiger partial charge in [-0.15, -0.1) is 11.3 Å². The van der Waals surface area contributed by atoms with Gasteiger partial charge in [0.25, 0.3) is 0 Å². The first-order valence-electron chi connectivity index (χ1n) is 6.83. The van der Waals surface area contributed by atoms with Crippen molar-refractivity contribution in [3.05, 3.63) is 54.6 Å². The predicted molar refractivity (Wildman–Crippen MR) is 95.6 cm³/mol. The molecule has 108 valence electrons. The summed E-state index contributed by atoms with van der Waals surface area (Å²) in [6.07, 6.45) is 2.18. The standard InChI is InChI=1S/C16H19Br2NS/c1-3-6-19-15(10-14-4-5-16(18)20-14)12-7-11(2)8-13(17)9-12/h4-5,7-9,15,19H,3,6,10H2,1-2H3. The Bertz CT molecular complexity index is 545. The van der Waals surface area contributed by atoms with E-state index < -0.39 is 0 Å². The smallest absolute Gasteiger partial charge is 0.0701 e. The minimum absolute atomic E-state index is 0.372. The lowest BCUT2D eigenvalue weighted by molar-refractivity contribution is 0.532. The Hall–Kier alpha value is -0.160. The van der Waals surface area contributed by atoms with Crippen LogP contribution < -0.4 is 5.32 Å². The normalized spacial score (nSPS) is 12.6. The van der Waals surface area contributed by atoms with Crippen molar-refractivity contribution in [2.75, 3.05) is 6.54 Å². The van der Waals surface area contributed by atoms with Gasteiger partial charge in [0.15, 0.2) is 0 Å². The molecule has 4 heteroatoms. The Balaban J connectivity index is 2.21. The van der Waals surface area contributed by atoms with E-state index in [0.717, 1.165) is 23.9 Å². The number of nitrogens with one attached hydrogen (secondary N) is 1. The maximum atomic E-state index is 3.67. The number of aryl methyl sites for hydroxylation is 1. The second-order valence-electron chi connectivity index (χ2n) is 4.98. The topological polar surface area (TPSA) is 12.0 Å². The Morgan fingerprint density at radius 3 is 2.60 bits per heavy atom. The molecule has 0 aliphatic rings. The van der Waals surface area contributed by atoms with Crippen LogP contribution in [0.3, 0.4) is 0 Å². The molecule has 0 saturated heterocycles. The van der Waals surface area contributed by atoms with Gasteiger partial charge in [-0.2, -0.15) is 0 Å². The predicted octanol–water partition coefficient (Wildman–Crippen LogP) is 5.86. The number of thiophene rings is 1. The minimum atomic E-state index is 0.372. The van der Waals surface area contributed by atoms with E-state index in [1.165, 1.54) is 19.8 Å². The van der Waals surface area contributed by atoms with E-state index in [9.17, 15) is 0 Å². The summed E-state index contributed by atoms with van der Waals surface area (Å²) in [6.45, 7) is 5.40. The molecule has 0 spiro atoms. The van der Waals surface area contributed by atoms with Crippen LogP contribution in [0.4, 0.5) is 0 Å². The molecule has 1 nitrogen and oxygen atoms in total. The average Bonchev–Trinajstić information content (AvgIpc) is 2.79. The lowest BCUT2D eigenvalue weighted by Gasteiger charge is -2.19. The first kappa shape index (κ1) is 16.2. The second-order valence-corrected chi connectivity index (χ2v) is 8.44.